The molecule has 0 saturated carbocycles. The van der Waals surface area contributed by atoms with Crippen LogP contribution in [0.3, 0.4) is 0 Å². The Labute approximate surface area is 112 Å². The van der Waals surface area contributed by atoms with Gasteiger partial charge in [-0.2, -0.15) is 5.10 Å². The van der Waals surface area contributed by atoms with E-state index in [1.807, 2.05) is 0 Å². The van der Waals surface area contributed by atoms with E-state index in [1.54, 1.807) is 31.3 Å². The largest absolute Gasteiger partial charge is 0.478 e. The number of carbonyl (C=O) groups is 1. The van der Waals surface area contributed by atoms with Gasteiger partial charge in [0.2, 0.25) is 0 Å². The van der Waals surface area contributed by atoms with Crippen LogP contribution in [-0.2, 0) is 13.6 Å². The molecule has 0 spiro atoms. The molecule has 3 aromatic rings. The fourth-order valence-electron chi connectivity index (χ4n) is 2.11. The molecule has 0 aliphatic heterocycles. The van der Waals surface area contributed by atoms with Crippen molar-refractivity contribution < 1.29 is 14.3 Å². The van der Waals surface area contributed by atoms with Gasteiger partial charge in [-0.05, 0) is 6.07 Å². The molecule has 3 rings (SSSR count). The van der Waals surface area contributed by atoms with Crippen molar-refractivity contribution in [3.63, 3.8) is 0 Å². The summed E-state index contributed by atoms with van der Waals surface area (Å²) in [5.41, 5.74) is 0.212. The van der Waals surface area contributed by atoms with Crippen molar-refractivity contribution in [1.82, 2.24) is 14.3 Å². The van der Waals surface area contributed by atoms with E-state index in [0.29, 0.717) is 11.0 Å². The molecule has 2 aromatic heterocycles. The lowest BCUT2D eigenvalue weighted by Gasteiger charge is -1.98. The Morgan fingerprint density at radius 3 is 2.80 bits per heavy atom. The third-order valence-electron chi connectivity index (χ3n) is 3.06. The van der Waals surface area contributed by atoms with Crippen molar-refractivity contribution >= 4 is 16.9 Å². The summed E-state index contributed by atoms with van der Waals surface area (Å²) in [6, 6.07) is 6.86. The zero-order chi connectivity index (χ0) is 14.3. The number of benzene rings is 1. The van der Waals surface area contributed by atoms with Gasteiger partial charge in [-0.25, -0.2) is 14.3 Å². The number of nitrogens with zero attached hydrogens (tertiary/aromatic N) is 3. The summed E-state index contributed by atoms with van der Waals surface area (Å²) in [6.07, 6.45) is 1.37. The highest BCUT2D eigenvalue weighted by Gasteiger charge is 2.21. The Bertz CT molecular complexity index is 856. The smallest absolute Gasteiger partial charge is 0.345 e. The molecule has 1 aromatic carbocycles. The van der Waals surface area contributed by atoms with Crippen LogP contribution in [0, 0.1) is 0 Å². The van der Waals surface area contributed by atoms with Crippen LogP contribution in [0.5, 0.6) is 0 Å². The maximum absolute atomic E-state index is 11.7. The third kappa shape index (κ3) is 1.80. The lowest BCUT2D eigenvalue weighted by molar-refractivity contribution is 0.0696. The van der Waals surface area contributed by atoms with E-state index in [9.17, 15) is 14.7 Å². The maximum Gasteiger partial charge on any atom is 0.345 e. The van der Waals surface area contributed by atoms with Crippen LogP contribution in [0.1, 0.15) is 16.1 Å². The molecule has 102 valence electrons. The van der Waals surface area contributed by atoms with Gasteiger partial charge >= 0.3 is 11.7 Å². The average molecular weight is 273 g/mol. The summed E-state index contributed by atoms with van der Waals surface area (Å²) in [5, 5.41) is 13.7. The quantitative estimate of drug-likeness (QED) is 0.771. The molecule has 7 nitrogen and oxygen atoms in total. The minimum Gasteiger partial charge on any atom is -0.478 e. The molecule has 0 saturated heterocycles. The van der Waals surface area contributed by atoms with Gasteiger partial charge in [0.1, 0.15) is 29.8 Å². The van der Waals surface area contributed by atoms with Crippen LogP contribution in [0.15, 0.2) is 39.8 Å². The molecular formula is C13H11N3O4. The van der Waals surface area contributed by atoms with Crippen molar-refractivity contribution in [3.05, 3.63) is 52.4 Å². The molecule has 0 aliphatic carbocycles. The van der Waals surface area contributed by atoms with Crippen molar-refractivity contribution in [2.24, 2.45) is 7.05 Å². The molecule has 0 bridgehead atoms. The minimum absolute atomic E-state index is 0.0179. The van der Waals surface area contributed by atoms with Crippen LogP contribution in [0.25, 0.3) is 11.0 Å². The highest BCUT2D eigenvalue weighted by Crippen LogP contribution is 2.26. The Morgan fingerprint density at radius 1 is 1.40 bits per heavy atom. The minimum atomic E-state index is -1.09. The normalized spacial score (nSPS) is 11.1. The summed E-state index contributed by atoms with van der Waals surface area (Å²) in [5.74, 6) is -0.881. The first kappa shape index (κ1) is 12.2. The highest BCUT2D eigenvalue weighted by molar-refractivity contribution is 6.03. The molecule has 2 heterocycles. The molecule has 0 aliphatic rings. The molecule has 7 heteroatoms. The third-order valence-corrected chi connectivity index (χ3v) is 3.06. The first-order valence-electron chi connectivity index (χ1n) is 5.90. The summed E-state index contributed by atoms with van der Waals surface area (Å²) < 4.78 is 8.00. The van der Waals surface area contributed by atoms with E-state index in [2.05, 4.69) is 5.10 Å². The van der Waals surface area contributed by atoms with Crippen LogP contribution < -0.4 is 5.69 Å². The molecule has 0 amide bonds. The first-order valence-corrected chi connectivity index (χ1v) is 5.90. The van der Waals surface area contributed by atoms with Gasteiger partial charge in [-0.3, -0.25) is 4.57 Å². The number of hydrogen-bond acceptors (Lipinski definition) is 4. The number of hydrogen-bond donors (Lipinski definition) is 1. The fourth-order valence-corrected chi connectivity index (χ4v) is 2.11. The van der Waals surface area contributed by atoms with Crippen molar-refractivity contribution in [1.29, 1.82) is 0 Å². The van der Waals surface area contributed by atoms with E-state index >= 15 is 0 Å². The fraction of sp³-hybridized carbons (Fsp3) is 0.154. The first-order chi connectivity index (χ1) is 9.58. The number of carboxylic acid groups (broad SMARTS) is 1. The molecule has 0 radical (unpaired) electrons. The Morgan fingerprint density at radius 2 is 2.15 bits per heavy atom. The second-order valence-corrected chi connectivity index (χ2v) is 4.38. The number of furan rings is 1. The van der Waals surface area contributed by atoms with Crippen LogP contribution in [0.4, 0.5) is 0 Å². The standard InChI is InChI=1S/C13H11N3O4/c1-15-7-14-16(13(15)19)6-10-11(12(17)18)8-4-2-3-5-9(8)20-10/h2-5,7H,6H2,1H3,(H,17,18). The molecule has 0 fully saturated rings. The van der Waals surface area contributed by atoms with E-state index in [0.717, 1.165) is 4.68 Å². The van der Waals surface area contributed by atoms with Crippen molar-refractivity contribution in [2.75, 3.05) is 0 Å². The topological polar surface area (TPSA) is 90.3 Å². The van der Waals surface area contributed by atoms with Gasteiger partial charge in [0, 0.05) is 12.4 Å². The number of carboxylic acids is 1. The number of aryl methyl sites for hydroxylation is 1. The zero-order valence-corrected chi connectivity index (χ0v) is 10.6. The van der Waals surface area contributed by atoms with E-state index < -0.39 is 5.97 Å². The second kappa shape index (κ2) is 4.37. The lowest BCUT2D eigenvalue weighted by Crippen LogP contribution is -2.23. The zero-order valence-electron chi connectivity index (χ0n) is 10.6. The van der Waals surface area contributed by atoms with Crippen LogP contribution in [0.2, 0.25) is 0 Å². The molecule has 20 heavy (non-hydrogen) atoms. The lowest BCUT2D eigenvalue weighted by atomic mass is 10.1. The van der Waals surface area contributed by atoms with Gasteiger partial charge in [-0.1, -0.05) is 18.2 Å². The number of rotatable bonds is 3. The van der Waals surface area contributed by atoms with Gasteiger partial charge in [0.05, 0.1) is 0 Å². The predicted molar refractivity (Wildman–Crippen MR) is 69.7 cm³/mol. The SMILES string of the molecule is Cn1cnn(Cc2oc3ccccc3c2C(=O)O)c1=O. The number of para-hydroxylation sites is 1. The highest BCUT2D eigenvalue weighted by atomic mass is 16.4. The molecule has 0 atom stereocenters. The number of aromatic nitrogens is 3. The second-order valence-electron chi connectivity index (χ2n) is 4.38. The van der Waals surface area contributed by atoms with Gasteiger partial charge in [-0.15, -0.1) is 0 Å². The van der Waals surface area contributed by atoms with E-state index in [1.165, 1.54) is 10.9 Å². The van der Waals surface area contributed by atoms with Gasteiger partial charge < -0.3 is 9.52 Å². The number of fused-ring (bicyclic) bond motifs is 1. The van der Waals surface area contributed by atoms with Crippen LogP contribution in [-0.4, -0.2) is 25.4 Å². The summed E-state index contributed by atoms with van der Waals surface area (Å²) in [4.78, 5) is 23.1. The van der Waals surface area contributed by atoms with Gasteiger partial charge in [0.25, 0.3) is 0 Å². The van der Waals surface area contributed by atoms with Crippen molar-refractivity contribution in [2.45, 2.75) is 6.54 Å². The Balaban J connectivity index is 2.16. The number of aromatic carboxylic acids is 1. The van der Waals surface area contributed by atoms with E-state index in [-0.39, 0.29) is 23.6 Å². The predicted octanol–water partition coefficient (Wildman–Crippen LogP) is 1.07. The maximum atomic E-state index is 11.7. The Kier molecular flexibility index (Phi) is 2.67. The summed E-state index contributed by atoms with van der Waals surface area (Å²) in [6.45, 7) is -0.0179. The average Bonchev–Trinajstić information content (AvgIpc) is 2.93. The van der Waals surface area contributed by atoms with Gasteiger partial charge in [0.15, 0.2) is 0 Å². The molecule has 0 unspecified atom stereocenters. The van der Waals surface area contributed by atoms with E-state index in [4.69, 9.17) is 4.42 Å². The summed E-state index contributed by atoms with van der Waals surface area (Å²) >= 11 is 0. The molecular weight excluding hydrogens is 262 g/mol. The van der Waals surface area contributed by atoms with Crippen molar-refractivity contribution in [3.8, 4) is 0 Å². The van der Waals surface area contributed by atoms with Crippen LogP contribution >= 0.6 is 0 Å². The molecule has 1 N–H and O–H groups in total. The Hall–Kier alpha value is -2.83. The summed E-state index contributed by atoms with van der Waals surface area (Å²) in [7, 11) is 1.57. The monoisotopic (exact) mass is 273 g/mol.